The van der Waals surface area contributed by atoms with Crippen molar-refractivity contribution in [2.24, 2.45) is 7.05 Å². The number of hydrogen-bond acceptors (Lipinski definition) is 2. The molecule has 4 heteroatoms. The van der Waals surface area contributed by atoms with Crippen LogP contribution in [-0.4, -0.2) is 22.5 Å². The highest BCUT2D eigenvalue weighted by molar-refractivity contribution is 5.93. The molecule has 90 valence electrons. The van der Waals surface area contributed by atoms with Crippen LogP contribution in [0.15, 0.2) is 24.3 Å². The lowest BCUT2D eigenvalue weighted by atomic mass is 10.3. The van der Waals surface area contributed by atoms with E-state index in [1.165, 1.54) is 0 Å². The first-order valence-electron chi connectivity index (χ1n) is 5.83. The molecule has 0 saturated carbocycles. The van der Waals surface area contributed by atoms with Gasteiger partial charge in [-0.3, -0.25) is 9.69 Å². The number of para-hydroxylation sites is 2. The largest absolute Gasteiger partial charge is 0.313 e. The third-order valence-corrected chi connectivity index (χ3v) is 2.90. The van der Waals surface area contributed by atoms with Gasteiger partial charge in [0.25, 0.3) is 0 Å². The highest BCUT2D eigenvalue weighted by Gasteiger charge is 2.16. The van der Waals surface area contributed by atoms with Gasteiger partial charge in [0, 0.05) is 20.5 Å². The Bertz CT molecular complexity index is 545. The van der Waals surface area contributed by atoms with E-state index in [1.54, 1.807) is 11.9 Å². The summed E-state index contributed by atoms with van der Waals surface area (Å²) in [4.78, 5) is 18.0. The maximum Gasteiger partial charge on any atom is 0.229 e. The number of nitrogens with zero attached hydrogens (tertiary/aromatic N) is 3. The maximum atomic E-state index is 11.8. The number of aromatic nitrogens is 2. The predicted molar refractivity (Wildman–Crippen MR) is 69.0 cm³/mol. The third kappa shape index (κ3) is 2.02. The van der Waals surface area contributed by atoms with Crippen molar-refractivity contribution >= 4 is 22.9 Å². The Kier molecular flexibility index (Phi) is 3.13. The summed E-state index contributed by atoms with van der Waals surface area (Å²) in [7, 11) is 3.71. The maximum absolute atomic E-state index is 11.8. The fourth-order valence-corrected chi connectivity index (χ4v) is 1.93. The molecule has 0 aliphatic heterocycles. The molecule has 1 aromatic carbocycles. The van der Waals surface area contributed by atoms with Crippen LogP contribution in [0.4, 0.5) is 5.95 Å². The van der Waals surface area contributed by atoms with E-state index in [2.05, 4.69) is 4.98 Å². The monoisotopic (exact) mass is 231 g/mol. The van der Waals surface area contributed by atoms with E-state index in [-0.39, 0.29) is 5.91 Å². The van der Waals surface area contributed by atoms with Crippen molar-refractivity contribution in [2.45, 2.75) is 19.8 Å². The lowest BCUT2D eigenvalue weighted by Crippen LogP contribution is -2.28. The van der Waals surface area contributed by atoms with Crippen LogP contribution in [0.2, 0.25) is 0 Å². The second kappa shape index (κ2) is 4.57. The van der Waals surface area contributed by atoms with Crippen LogP contribution < -0.4 is 4.90 Å². The molecule has 2 aromatic rings. The zero-order chi connectivity index (χ0) is 12.4. The van der Waals surface area contributed by atoms with Crippen molar-refractivity contribution in [3.05, 3.63) is 24.3 Å². The van der Waals surface area contributed by atoms with Crippen LogP contribution in [0.25, 0.3) is 11.0 Å². The Hall–Kier alpha value is -1.84. The predicted octanol–water partition coefficient (Wildman–Crippen LogP) is 2.34. The van der Waals surface area contributed by atoms with Gasteiger partial charge in [-0.2, -0.15) is 0 Å². The molecule has 1 heterocycles. The van der Waals surface area contributed by atoms with E-state index in [9.17, 15) is 4.79 Å². The fraction of sp³-hybridized carbons (Fsp3) is 0.385. The van der Waals surface area contributed by atoms with E-state index in [1.807, 2.05) is 42.8 Å². The third-order valence-electron chi connectivity index (χ3n) is 2.90. The molecule has 1 aromatic heterocycles. The summed E-state index contributed by atoms with van der Waals surface area (Å²) in [5.74, 6) is 0.801. The molecule has 17 heavy (non-hydrogen) atoms. The van der Waals surface area contributed by atoms with Crippen LogP contribution in [-0.2, 0) is 11.8 Å². The summed E-state index contributed by atoms with van der Waals surface area (Å²) >= 11 is 0. The highest BCUT2D eigenvalue weighted by atomic mass is 16.2. The molecule has 0 bridgehead atoms. The lowest BCUT2D eigenvalue weighted by Gasteiger charge is -2.15. The molecule has 2 rings (SSSR count). The number of imidazole rings is 1. The second-order valence-electron chi connectivity index (χ2n) is 4.16. The number of amides is 1. The van der Waals surface area contributed by atoms with Gasteiger partial charge >= 0.3 is 0 Å². The highest BCUT2D eigenvalue weighted by Crippen LogP contribution is 2.20. The zero-order valence-corrected chi connectivity index (χ0v) is 10.5. The van der Waals surface area contributed by atoms with Crippen molar-refractivity contribution in [1.29, 1.82) is 0 Å². The van der Waals surface area contributed by atoms with Crippen molar-refractivity contribution < 1.29 is 4.79 Å². The molecular weight excluding hydrogens is 214 g/mol. The van der Waals surface area contributed by atoms with E-state index in [0.29, 0.717) is 12.4 Å². The van der Waals surface area contributed by atoms with Gasteiger partial charge in [0.2, 0.25) is 11.9 Å². The number of rotatable bonds is 3. The minimum absolute atomic E-state index is 0.103. The minimum Gasteiger partial charge on any atom is -0.313 e. The molecule has 0 fully saturated rings. The summed E-state index contributed by atoms with van der Waals surface area (Å²) in [6.45, 7) is 2.00. The quantitative estimate of drug-likeness (QED) is 0.813. The summed E-state index contributed by atoms with van der Waals surface area (Å²) in [6.07, 6.45) is 1.41. The van der Waals surface area contributed by atoms with E-state index >= 15 is 0 Å². The van der Waals surface area contributed by atoms with Crippen LogP contribution in [0.3, 0.4) is 0 Å². The Balaban J connectivity index is 2.42. The Morgan fingerprint density at radius 3 is 2.76 bits per heavy atom. The van der Waals surface area contributed by atoms with Gasteiger partial charge in [0.05, 0.1) is 11.0 Å². The van der Waals surface area contributed by atoms with Gasteiger partial charge < -0.3 is 4.57 Å². The van der Waals surface area contributed by atoms with Crippen LogP contribution in [0.5, 0.6) is 0 Å². The summed E-state index contributed by atoms with van der Waals surface area (Å²) < 4.78 is 1.95. The molecule has 4 nitrogen and oxygen atoms in total. The van der Waals surface area contributed by atoms with Gasteiger partial charge in [0.15, 0.2) is 0 Å². The van der Waals surface area contributed by atoms with E-state index in [4.69, 9.17) is 0 Å². The second-order valence-corrected chi connectivity index (χ2v) is 4.16. The first kappa shape index (κ1) is 11.6. The first-order chi connectivity index (χ1) is 8.15. The van der Waals surface area contributed by atoms with E-state index < -0.39 is 0 Å². The fourth-order valence-electron chi connectivity index (χ4n) is 1.93. The molecule has 0 saturated heterocycles. The first-order valence-corrected chi connectivity index (χ1v) is 5.83. The van der Waals surface area contributed by atoms with E-state index in [0.717, 1.165) is 17.5 Å². The number of carbonyl (C=O) groups is 1. The SMILES string of the molecule is CCCC(=O)N(C)c1nc2ccccc2n1C. The van der Waals surface area contributed by atoms with Crippen molar-refractivity contribution in [2.75, 3.05) is 11.9 Å². The van der Waals surface area contributed by atoms with Crippen LogP contribution in [0, 0.1) is 0 Å². The van der Waals surface area contributed by atoms with Gasteiger partial charge in [-0.05, 0) is 18.6 Å². The molecule has 1 amide bonds. The Morgan fingerprint density at radius 2 is 2.12 bits per heavy atom. The van der Waals surface area contributed by atoms with Gasteiger partial charge in [-0.1, -0.05) is 19.1 Å². The number of hydrogen-bond donors (Lipinski definition) is 0. The molecule has 0 radical (unpaired) electrons. The molecular formula is C13H17N3O. The molecule has 0 unspecified atom stereocenters. The molecule has 0 aliphatic rings. The Labute approximate surface area is 101 Å². The molecule has 0 N–H and O–H groups in total. The Morgan fingerprint density at radius 1 is 1.41 bits per heavy atom. The van der Waals surface area contributed by atoms with Crippen LogP contribution >= 0.6 is 0 Å². The topological polar surface area (TPSA) is 38.1 Å². The minimum atomic E-state index is 0.103. The number of benzene rings is 1. The number of aryl methyl sites for hydroxylation is 1. The van der Waals surface area contributed by atoms with Gasteiger partial charge in [-0.25, -0.2) is 4.98 Å². The summed E-state index contributed by atoms with van der Waals surface area (Å²) in [6, 6.07) is 7.88. The zero-order valence-electron chi connectivity index (χ0n) is 10.5. The molecule has 0 spiro atoms. The van der Waals surface area contributed by atoms with Crippen molar-refractivity contribution in [3.8, 4) is 0 Å². The average molecular weight is 231 g/mol. The smallest absolute Gasteiger partial charge is 0.229 e. The summed E-state index contributed by atoms with van der Waals surface area (Å²) in [5, 5.41) is 0. The van der Waals surface area contributed by atoms with Gasteiger partial charge in [0.1, 0.15) is 0 Å². The average Bonchev–Trinajstić information content (AvgIpc) is 2.67. The molecule has 0 atom stereocenters. The lowest BCUT2D eigenvalue weighted by molar-refractivity contribution is -0.118. The molecule has 0 aliphatic carbocycles. The van der Waals surface area contributed by atoms with Crippen molar-refractivity contribution in [1.82, 2.24) is 9.55 Å². The summed E-state index contributed by atoms with van der Waals surface area (Å²) in [5.41, 5.74) is 1.96. The number of anilines is 1. The van der Waals surface area contributed by atoms with Gasteiger partial charge in [-0.15, -0.1) is 0 Å². The number of fused-ring (bicyclic) bond motifs is 1. The number of carbonyl (C=O) groups excluding carboxylic acids is 1. The van der Waals surface area contributed by atoms with Crippen LogP contribution in [0.1, 0.15) is 19.8 Å². The standard InChI is InChI=1S/C13H17N3O/c1-4-7-12(17)16(3)13-14-10-8-5-6-9-11(10)15(13)2/h5-6,8-9H,4,7H2,1-3H3. The van der Waals surface area contributed by atoms with Crippen molar-refractivity contribution in [3.63, 3.8) is 0 Å². The normalized spacial score (nSPS) is 10.8.